The average molecular weight is 460 g/mol. The fraction of sp³-hybridized carbons (Fsp3) is 0.318. The SMILES string of the molecule is Cc1c(N2C[C@@H]3CN(c4ccc(C#N)c(C(F)(F)F)c4)CCN3C2=O)ccc(C#N)c1Cl. The number of anilines is 2. The first-order chi connectivity index (χ1) is 15.2. The Balaban J connectivity index is 1.59. The van der Waals surface area contributed by atoms with E-state index in [-0.39, 0.29) is 12.1 Å². The van der Waals surface area contributed by atoms with E-state index in [4.69, 9.17) is 22.1 Å². The van der Waals surface area contributed by atoms with Gasteiger partial charge in [0.15, 0.2) is 0 Å². The lowest BCUT2D eigenvalue weighted by Crippen LogP contribution is -2.52. The monoisotopic (exact) mass is 459 g/mol. The van der Waals surface area contributed by atoms with Crippen LogP contribution >= 0.6 is 11.6 Å². The van der Waals surface area contributed by atoms with Crippen LogP contribution in [0.2, 0.25) is 5.02 Å². The fourth-order valence-corrected chi connectivity index (χ4v) is 4.46. The molecule has 6 nitrogen and oxygen atoms in total. The highest BCUT2D eigenvalue weighted by molar-refractivity contribution is 6.33. The van der Waals surface area contributed by atoms with Crippen LogP contribution in [0.5, 0.6) is 0 Å². The van der Waals surface area contributed by atoms with Crippen molar-refractivity contribution in [3.05, 3.63) is 57.6 Å². The number of halogens is 4. The maximum Gasteiger partial charge on any atom is 0.417 e. The number of nitrogens with zero attached hydrogens (tertiary/aromatic N) is 5. The molecule has 2 saturated heterocycles. The van der Waals surface area contributed by atoms with E-state index in [0.29, 0.717) is 53.7 Å². The van der Waals surface area contributed by atoms with E-state index in [1.165, 1.54) is 12.1 Å². The van der Waals surface area contributed by atoms with Crippen molar-refractivity contribution in [2.24, 2.45) is 0 Å². The quantitative estimate of drug-likeness (QED) is 0.660. The number of hydrogen-bond donors (Lipinski definition) is 0. The second-order valence-electron chi connectivity index (χ2n) is 7.71. The van der Waals surface area contributed by atoms with Gasteiger partial charge in [-0.15, -0.1) is 0 Å². The topological polar surface area (TPSA) is 74.4 Å². The van der Waals surface area contributed by atoms with E-state index in [1.807, 2.05) is 6.07 Å². The van der Waals surface area contributed by atoms with Gasteiger partial charge in [-0.05, 0) is 42.8 Å². The molecule has 10 heteroatoms. The molecule has 2 fully saturated rings. The molecule has 0 N–H and O–H groups in total. The number of rotatable bonds is 2. The largest absolute Gasteiger partial charge is 0.417 e. The molecule has 2 aromatic rings. The zero-order valence-corrected chi connectivity index (χ0v) is 17.7. The van der Waals surface area contributed by atoms with Crippen LogP contribution in [0.3, 0.4) is 0 Å². The number of fused-ring (bicyclic) bond motifs is 1. The van der Waals surface area contributed by atoms with Crippen molar-refractivity contribution in [1.29, 1.82) is 10.5 Å². The number of urea groups is 1. The van der Waals surface area contributed by atoms with Crippen molar-refractivity contribution in [1.82, 2.24) is 4.90 Å². The normalized spacial score (nSPS) is 18.4. The van der Waals surface area contributed by atoms with Crippen LogP contribution in [0.4, 0.5) is 29.3 Å². The lowest BCUT2D eigenvalue weighted by atomic mass is 10.1. The Morgan fingerprint density at radius 2 is 1.75 bits per heavy atom. The third-order valence-electron chi connectivity index (χ3n) is 5.92. The summed E-state index contributed by atoms with van der Waals surface area (Å²) in [5, 5.41) is 18.4. The van der Waals surface area contributed by atoms with Crippen LogP contribution in [0.1, 0.15) is 22.3 Å². The van der Waals surface area contributed by atoms with Crippen LogP contribution in [0, 0.1) is 29.6 Å². The Hall–Kier alpha value is -3.43. The molecule has 32 heavy (non-hydrogen) atoms. The van der Waals surface area contributed by atoms with Gasteiger partial charge in [0, 0.05) is 37.6 Å². The number of alkyl halides is 3. The molecule has 0 unspecified atom stereocenters. The minimum absolute atomic E-state index is 0.200. The molecule has 164 valence electrons. The molecule has 0 spiro atoms. The predicted octanol–water partition coefficient (Wildman–Crippen LogP) is 4.54. The van der Waals surface area contributed by atoms with Crippen LogP contribution in [0.15, 0.2) is 30.3 Å². The third-order valence-corrected chi connectivity index (χ3v) is 6.40. The molecule has 2 aromatic carbocycles. The number of benzene rings is 2. The summed E-state index contributed by atoms with van der Waals surface area (Å²) < 4.78 is 40.1. The minimum Gasteiger partial charge on any atom is -0.368 e. The zero-order chi connectivity index (χ0) is 23.2. The summed E-state index contributed by atoms with van der Waals surface area (Å²) >= 11 is 6.26. The summed E-state index contributed by atoms with van der Waals surface area (Å²) in [6, 6.07) is 10.1. The number of amides is 2. The van der Waals surface area contributed by atoms with E-state index in [0.717, 1.165) is 6.07 Å². The summed E-state index contributed by atoms with van der Waals surface area (Å²) in [5.41, 5.74) is 0.529. The first-order valence-corrected chi connectivity index (χ1v) is 10.2. The lowest BCUT2D eigenvalue weighted by Gasteiger charge is -2.38. The van der Waals surface area contributed by atoms with Gasteiger partial charge < -0.3 is 9.80 Å². The number of nitriles is 2. The van der Waals surface area contributed by atoms with Gasteiger partial charge in [-0.1, -0.05) is 11.6 Å². The van der Waals surface area contributed by atoms with Gasteiger partial charge in [0.05, 0.1) is 33.8 Å². The van der Waals surface area contributed by atoms with E-state index in [2.05, 4.69) is 0 Å². The van der Waals surface area contributed by atoms with Crippen molar-refractivity contribution in [3.8, 4) is 12.1 Å². The molecule has 2 aliphatic rings. The van der Waals surface area contributed by atoms with Crippen molar-refractivity contribution in [2.45, 2.75) is 19.1 Å². The van der Waals surface area contributed by atoms with E-state index < -0.39 is 17.3 Å². The van der Waals surface area contributed by atoms with Gasteiger partial charge in [-0.2, -0.15) is 23.7 Å². The number of carbonyl (C=O) groups excluding carboxylic acids is 1. The molecule has 0 saturated carbocycles. The number of hydrogen-bond acceptors (Lipinski definition) is 4. The first-order valence-electron chi connectivity index (χ1n) is 9.79. The second kappa shape index (κ2) is 7.92. The van der Waals surface area contributed by atoms with Gasteiger partial charge in [0.25, 0.3) is 0 Å². The summed E-state index contributed by atoms with van der Waals surface area (Å²) in [5.74, 6) is 0. The summed E-state index contributed by atoms with van der Waals surface area (Å²) in [4.78, 5) is 18.1. The summed E-state index contributed by atoms with van der Waals surface area (Å²) in [7, 11) is 0. The van der Waals surface area contributed by atoms with Crippen LogP contribution < -0.4 is 9.80 Å². The standard InChI is InChI=1S/C22H17ClF3N5O/c1-13-19(5-3-15(10-28)20(13)23)31-12-17-11-29(6-7-30(17)21(31)32)16-4-2-14(9-27)18(8-16)22(24,25)26/h2-5,8,17H,6-7,11-12H2,1H3/t17-/m0/s1. The average Bonchev–Trinajstić information content (AvgIpc) is 3.10. The highest BCUT2D eigenvalue weighted by Crippen LogP contribution is 2.37. The molecule has 2 aliphatic heterocycles. The summed E-state index contributed by atoms with van der Waals surface area (Å²) in [6.45, 7) is 3.16. The van der Waals surface area contributed by atoms with Crippen molar-refractivity contribution in [3.63, 3.8) is 0 Å². The van der Waals surface area contributed by atoms with E-state index >= 15 is 0 Å². The maximum atomic E-state index is 13.4. The molecule has 0 aromatic heterocycles. The molecule has 2 amide bonds. The predicted molar refractivity (Wildman–Crippen MR) is 113 cm³/mol. The first kappa shape index (κ1) is 21.8. The zero-order valence-electron chi connectivity index (χ0n) is 16.9. The minimum atomic E-state index is -4.63. The number of piperazine rings is 1. The Bertz CT molecular complexity index is 1180. The Morgan fingerprint density at radius 1 is 1.06 bits per heavy atom. The Morgan fingerprint density at radius 3 is 2.41 bits per heavy atom. The van der Waals surface area contributed by atoms with E-state index in [9.17, 15) is 18.0 Å². The van der Waals surface area contributed by atoms with Crippen LogP contribution in [-0.4, -0.2) is 43.2 Å². The summed E-state index contributed by atoms with van der Waals surface area (Å²) in [6.07, 6.45) is -4.63. The van der Waals surface area contributed by atoms with Crippen LogP contribution in [0.25, 0.3) is 0 Å². The molecule has 0 bridgehead atoms. The van der Waals surface area contributed by atoms with E-state index in [1.54, 1.807) is 39.8 Å². The fourth-order valence-electron chi connectivity index (χ4n) is 4.26. The van der Waals surface area contributed by atoms with Crippen molar-refractivity contribution in [2.75, 3.05) is 36.0 Å². The lowest BCUT2D eigenvalue weighted by molar-refractivity contribution is -0.137. The second-order valence-corrected chi connectivity index (χ2v) is 8.09. The highest BCUT2D eigenvalue weighted by Gasteiger charge is 2.42. The molecule has 4 rings (SSSR count). The maximum absolute atomic E-state index is 13.4. The third kappa shape index (κ3) is 3.59. The molecule has 0 radical (unpaired) electrons. The molecule has 1 atom stereocenters. The van der Waals surface area contributed by atoms with Gasteiger partial charge in [-0.25, -0.2) is 4.79 Å². The van der Waals surface area contributed by atoms with Gasteiger partial charge in [-0.3, -0.25) is 4.90 Å². The van der Waals surface area contributed by atoms with Crippen molar-refractivity contribution < 1.29 is 18.0 Å². The Kier molecular flexibility index (Phi) is 5.39. The molecular weight excluding hydrogens is 443 g/mol. The van der Waals surface area contributed by atoms with Gasteiger partial charge >= 0.3 is 12.2 Å². The van der Waals surface area contributed by atoms with Gasteiger partial charge in [0.2, 0.25) is 0 Å². The van der Waals surface area contributed by atoms with Crippen LogP contribution in [-0.2, 0) is 6.18 Å². The number of carbonyl (C=O) groups is 1. The van der Waals surface area contributed by atoms with Gasteiger partial charge in [0.1, 0.15) is 6.07 Å². The van der Waals surface area contributed by atoms with Crippen molar-refractivity contribution >= 4 is 29.0 Å². The highest BCUT2D eigenvalue weighted by atomic mass is 35.5. The molecule has 0 aliphatic carbocycles. The molecular formula is C22H17ClF3N5O. The Labute approximate surface area is 187 Å². The smallest absolute Gasteiger partial charge is 0.368 e. The molecule has 2 heterocycles.